The van der Waals surface area contributed by atoms with Crippen LogP contribution < -0.4 is 0 Å². The summed E-state index contributed by atoms with van der Waals surface area (Å²) in [7, 11) is 1.79. The standard InChI is InChI=1S/C13H24N4O/c1-7-9(2)8-17(6)11(18)10-14-12(16-15-10)13(3,4)5/h9H,7-8H2,1-6H3,(H,14,15,16). The van der Waals surface area contributed by atoms with Crippen LogP contribution in [0.3, 0.4) is 0 Å². The molecule has 1 amide bonds. The van der Waals surface area contributed by atoms with Gasteiger partial charge >= 0.3 is 0 Å². The smallest absolute Gasteiger partial charge is 0.293 e. The SMILES string of the molecule is CCC(C)CN(C)C(=O)c1n[nH]c(C(C)(C)C)n1. The van der Waals surface area contributed by atoms with E-state index < -0.39 is 0 Å². The highest BCUT2D eigenvalue weighted by Gasteiger charge is 2.23. The lowest BCUT2D eigenvalue weighted by atomic mass is 9.96. The van der Waals surface area contributed by atoms with Gasteiger partial charge in [0.2, 0.25) is 5.82 Å². The molecule has 0 saturated heterocycles. The lowest BCUT2D eigenvalue weighted by Gasteiger charge is -2.19. The second-order valence-corrected chi connectivity index (χ2v) is 5.96. The summed E-state index contributed by atoms with van der Waals surface area (Å²) in [6, 6.07) is 0. The van der Waals surface area contributed by atoms with Gasteiger partial charge in [0.25, 0.3) is 5.91 Å². The second-order valence-electron chi connectivity index (χ2n) is 5.96. The normalized spacial score (nSPS) is 13.4. The Bertz CT molecular complexity index is 405. The zero-order chi connectivity index (χ0) is 13.9. The van der Waals surface area contributed by atoms with Crippen molar-refractivity contribution in [2.75, 3.05) is 13.6 Å². The van der Waals surface area contributed by atoms with Gasteiger partial charge in [-0.05, 0) is 5.92 Å². The summed E-state index contributed by atoms with van der Waals surface area (Å²) in [5, 5.41) is 6.85. The van der Waals surface area contributed by atoms with E-state index in [0.29, 0.717) is 5.92 Å². The predicted octanol–water partition coefficient (Wildman–Crippen LogP) is 2.22. The van der Waals surface area contributed by atoms with E-state index in [1.165, 1.54) is 0 Å². The van der Waals surface area contributed by atoms with Crippen molar-refractivity contribution in [3.8, 4) is 0 Å². The zero-order valence-electron chi connectivity index (χ0n) is 12.2. The molecule has 1 atom stereocenters. The van der Waals surface area contributed by atoms with Crippen LogP contribution in [0.1, 0.15) is 57.5 Å². The van der Waals surface area contributed by atoms with Gasteiger partial charge in [-0.25, -0.2) is 4.98 Å². The molecule has 1 rings (SSSR count). The van der Waals surface area contributed by atoms with E-state index in [4.69, 9.17) is 0 Å². The first-order valence-electron chi connectivity index (χ1n) is 6.44. The van der Waals surface area contributed by atoms with Crippen LogP contribution in [0.25, 0.3) is 0 Å². The second kappa shape index (κ2) is 5.50. The molecule has 0 fully saturated rings. The molecule has 0 aliphatic rings. The van der Waals surface area contributed by atoms with Crippen molar-refractivity contribution < 1.29 is 4.79 Å². The Labute approximate surface area is 109 Å². The highest BCUT2D eigenvalue weighted by molar-refractivity contribution is 5.90. The van der Waals surface area contributed by atoms with Crippen LogP contribution >= 0.6 is 0 Å². The third-order valence-electron chi connectivity index (χ3n) is 3.02. The number of rotatable bonds is 4. The van der Waals surface area contributed by atoms with E-state index in [1.807, 2.05) is 20.8 Å². The van der Waals surface area contributed by atoms with E-state index in [9.17, 15) is 4.79 Å². The van der Waals surface area contributed by atoms with Crippen molar-refractivity contribution in [2.45, 2.75) is 46.5 Å². The lowest BCUT2D eigenvalue weighted by molar-refractivity contribution is 0.0763. The first-order valence-corrected chi connectivity index (χ1v) is 6.44. The fourth-order valence-corrected chi connectivity index (χ4v) is 1.54. The Balaban J connectivity index is 2.76. The van der Waals surface area contributed by atoms with E-state index in [1.54, 1.807) is 11.9 Å². The number of amides is 1. The molecule has 102 valence electrons. The van der Waals surface area contributed by atoms with E-state index in [0.717, 1.165) is 18.8 Å². The largest absolute Gasteiger partial charge is 0.339 e. The third kappa shape index (κ3) is 3.55. The molecule has 0 aliphatic heterocycles. The molecule has 1 aromatic rings. The number of aromatic nitrogens is 3. The summed E-state index contributed by atoms with van der Waals surface area (Å²) >= 11 is 0. The zero-order valence-corrected chi connectivity index (χ0v) is 12.2. The summed E-state index contributed by atoms with van der Waals surface area (Å²) < 4.78 is 0. The van der Waals surface area contributed by atoms with Gasteiger partial charge in [0, 0.05) is 19.0 Å². The summed E-state index contributed by atoms with van der Waals surface area (Å²) in [4.78, 5) is 18.1. The lowest BCUT2D eigenvalue weighted by Crippen LogP contribution is -2.31. The number of nitrogens with one attached hydrogen (secondary N) is 1. The maximum absolute atomic E-state index is 12.1. The molecule has 0 aromatic carbocycles. The number of nitrogens with zero attached hydrogens (tertiary/aromatic N) is 3. The summed E-state index contributed by atoms with van der Waals surface area (Å²) in [5.74, 6) is 1.36. The molecule has 1 unspecified atom stereocenters. The molecule has 1 heterocycles. The van der Waals surface area contributed by atoms with Crippen molar-refractivity contribution in [1.82, 2.24) is 20.1 Å². The van der Waals surface area contributed by atoms with Gasteiger partial charge in [0.15, 0.2) is 0 Å². The van der Waals surface area contributed by atoms with Crippen LogP contribution in [0.2, 0.25) is 0 Å². The van der Waals surface area contributed by atoms with Gasteiger partial charge in [0.05, 0.1) is 0 Å². The highest BCUT2D eigenvalue weighted by atomic mass is 16.2. The van der Waals surface area contributed by atoms with Gasteiger partial charge in [-0.1, -0.05) is 41.0 Å². The van der Waals surface area contributed by atoms with Gasteiger partial charge in [-0.2, -0.15) is 0 Å². The minimum Gasteiger partial charge on any atom is -0.339 e. The number of carbonyl (C=O) groups excluding carboxylic acids is 1. The third-order valence-corrected chi connectivity index (χ3v) is 3.02. The minimum atomic E-state index is -0.124. The minimum absolute atomic E-state index is 0.123. The summed E-state index contributed by atoms with van der Waals surface area (Å²) in [5.41, 5.74) is -0.124. The molecule has 5 heteroatoms. The summed E-state index contributed by atoms with van der Waals surface area (Å²) in [6.07, 6.45) is 1.05. The Morgan fingerprint density at radius 1 is 1.44 bits per heavy atom. The molecular weight excluding hydrogens is 228 g/mol. The maximum atomic E-state index is 12.1. The fraction of sp³-hybridized carbons (Fsp3) is 0.769. The predicted molar refractivity (Wildman–Crippen MR) is 71.5 cm³/mol. The highest BCUT2D eigenvalue weighted by Crippen LogP contribution is 2.17. The average molecular weight is 252 g/mol. The van der Waals surface area contributed by atoms with Gasteiger partial charge in [-0.15, -0.1) is 5.10 Å². The van der Waals surface area contributed by atoms with Crippen LogP contribution in [-0.4, -0.2) is 39.6 Å². The molecule has 5 nitrogen and oxygen atoms in total. The number of aromatic amines is 1. The summed E-state index contributed by atoms with van der Waals surface area (Å²) in [6.45, 7) is 11.1. The molecule has 0 aliphatic carbocycles. The first kappa shape index (κ1) is 14.7. The van der Waals surface area contributed by atoms with Crippen LogP contribution in [0.15, 0.2) is 0 Å². The molecule has 18 heavy (non-hydrogen) atoms. The number of carbonyl (C=O) groups is 1. The van der Waals surface area contributed by atoms with Crippen molar-refractivity contribution >= 4 is 5.91 Å². The van der Waals surface area contributed by atoms with Crippen LogP contribution in [0, 0.1) is 5.92 Å². The molecular formula is C13H24N4O. The van der Waals surface area contributed by atoms with Crippen molar-refractivity contribution in [3.63, 3.8) is 0 Å². The molecule has 0 saturated carbocycles. The van der Waals surface area contributed by atoms with Gasteiger partial charge in [-0.3, -0.25) is 9.89 Å². The Kier molecular flexibility index (Phi) is 4.48. The number of hydrogen-bond acceptors (Lipinski definition) is 3. The van der Waals surface area contributed by atoms with Crippen LogP contribution in [0.5, 0.6) is 0 Å². The number of hydrogen-bond donors (Lipinski definition) is 1. The molecule has 1 N–H and O–H groups in total. The Morgan fingerprint density at radius 2 is 2.06 bits per heavy atom. The monoisotopic (exact) mass is 252 g/mol. The molecule has 0 radical (unpaired) electrons. The quantitative estimate of drug-likeness (QED) is 0.893. The number of H-pyrrole nitrogens is 1. The molecule has 0 spiro atoms. The molecule has 1 aromatic heterocycles. The van der Waals surface area contributed by atoms with E-state index in [2.05, 4.69) is 29.0 Å². The Morgan fingerprint density at radius 3 is 2.50 bits per heavy atom. The van der Waals surface area contributed by atoms with Crippen molar-refractivity contribution in [2.24, 2.45) is 5.92 Å². The Hall–Kier alpha value is -1.39. The molecule has 0 bridgehead atoms. The van der Waals surface area contributed by atoms with E-state index >= 15 is 0 Å². The topological polar surface area (TPSA) is 61.9 Å². The van der Waals surface area contributed by atoms with Crippen molar-refractivity contribution in [1.29, 1.82) is 0 Å². The average Bonchev–Trinajstić information content (AvgIpc) is 2.76. The van der Waals surface area contributed by atoms with Crippen LogP contribution in [-0.2, 0) is 5.41 Å². The van der Waals surface area contributed by atoms with Gasteiger partial charge < -0.3 is 4.90 Å². The maximum Gasteiger partial charge on any atom is 0.293 e. The van der Waals surface area contributed by atoms with E-state index in [-0.39, 0.29) is 17.1 Å². The first-order chi connectivity index (χ1) is 8.25. The van der Waals surface area contributed by atoms with Crippen molar-refractivity contribution in [3.05, 3.63) is 11.6 Å². The van der Waals surface area contributed by atoms with Crippen LogP contribution in [0.4, 0.5) is 0 Å². The fourth-order valence-electron chi connectivity index (χ4n) is 1.54. The van der Waals surface area contributed by atoms with Gasteiger partial charge in [0.1, 0.15) is 5.82 Å².